The molecule has 0 aliphatic heterocycles. The van der Waals surface area contributed by atoms with E-state index in [1.807, 2.05) is 36.4 Å². The fraction of sp³-hybridized carbons (Fsp3) is 0.0833. The lowest BCUT2D eigenvalue weighted by molar-refractivity contribution is 0.0989. The largest absolute Gasteiger partial charge is 0.328 e. The van der Waals surface area contributed by atoms with Crippen molar-refractivity contribution in [2.24, 2.45) is 4.99 Å². The van der Waals surface area contributed by atoms with E-state index >= 15 is 0 Å². The lowest BCUT2D eigenvalue weighted by atomic mass is 10.2. The molecular weight excluding hydrogens is 395 g/mol. The number of amides is 1. The maximum absolute atomic E-state index is 14.2. The van der Waals surface area contributed by atoms with Crippen molar-refractivity contribution in [1.29, 1.82) is 0 Å². The van der Waals surface area contributed by atoms with Crippen LogP contribution in [0.25, 0.3) is 5.69 Å². The lowest BCUT2D eigenvalue weighted by Crippen LogP contribution is -2.26. The molecule has 0 saturated heterocycles. The van der Waals surface area contributed by atoms with E-state index in [0.717, 1.165) is 5.56 Å². The summed E-state index contributed by atoms with van der Waals surface area (Å²) in [5.41, 5.74) is 1.04. The second-order valence-corrected chi connectivity index (χ2v) is 6.95. The van der Waals surface area contributed by atoms with Crippen molar-refractivity contribution in [3.63, 3.8) is 0 Å². The van der Waals surface area contributed by atoms with Crippen molar-refractivity contribution < 1.29 is 9.18 Å². The van der Waals surface area contributed by atoms with Gasteiger partial charge in [0.2, 0.25) is 5.43 Å². The molecule has 31 heavy (non-hydrogen) atoms. The van der Waals surface area contributed by atoms with Crippen molar-refractivity contribution in [3.05, 3.63) is 124 Å². The van der Waals surface area contributed by atoms with Gasteiger partial charge in [-0.3, -0.25) is 9.59 Å². The standard InChI is InChI=1S/C24H19FN4O2/c1-17-15-21(30)23(27-29(17)20-12-6-5-11-19(20)25)24(31)26-22-13-7-8-14-28(22)16-18-9-3-2-4-10-18/h2-15H,16H2,1H3. The number of halogens is 1. The highest BCUT2D eigenvalue weighted by molar-refractivity contribution is 5.92. The van der Waals surface area contributed by atoms with Gasteiger partial charge in [0.05, 0.1) is 0 Å². The SMILES string of the molecule is Cc1cc(=O)c(C(=O)N=c2ccccn2Cc2ccccc2)nn1-c1ccccc1F. The van der Waals surface area contributed by atoms with Gasteiger partial charge in [-0.2, -0.15) is 10.1 Å². The number of aromatic nitrogens is 3. The zero-order chi connectivity index (χ0) is 21.8. The maximum atomic E-state index is 14.2. The van der Waals surface area contributed by atoms with E-state index in [1.54, 1.807) is 42.0 Å². The summed E-state index contributed by atoms with van der Waals surface area (Å²) in [6, 6.07) is 22.3. The molecular formula is C24H19FN4O2. The fourth-order valence-electron chi connectivity index (χ4n) is 3.20. The third-order valence-corrected chi connectivity index (χ3v) is 4.72. The highest BCUT2D eigenvalue weighted by Gasteiger charge is 2.16. The topological polar surface area (TPSA) is 69.2 Å². The normalized spacial score (nSPS) is 11.5. The van der Waals surface area contributed by atoms with Gasteiger partial charge < -0.3 is 4.57 Å². The van der Waals surface area contributed by atoms with Gasteiger partial charge >= 0.3 is 5.91 Å². The van der Waals surface area contributed by atoms with Gasteiger partial charge in [-0.25, -0.2) is 9.07 Å². The Morgan fingerprint density at radius 3 is 2.48 bits per heavy atom. The third kappa shape index (κ3) is 4.40. The number of carbonyl (C=O) groups excluding carboxylic acids is 1. The second-order valence-electron chi connectivity index (χ2n) is 6.95. The Balaban J connectivity index is 1.76. The predicted octanol–water partition coefficient (Wildman–Crippen LogP) is 3.27. The molecule has 0 radical (unpaired) electrons. The minimum Gasteiger partial charge on any atom is -0.328 e. The molecule has 0 atom stereocenters. The van der Waals surface area contributed by atoms with E-state index in [2.05, 4.69) is 10.1 Å². The summed E-state index contributed by atoms with van der Waals surface area (Å²) in [6.07, 6.45) is 1.80. The molecule has 0 aliphatic carbocycles. The molecule has 2 aromatic carbocycles. The molecule has 0 spiro atoms. The van der Waals surface area contributed by atoms with Crippen molar-refractivity contribution in [2.75, 3.05) is 0 Å². The molecule has 4 rings (SSSR count). The number of pyridine rings is 1. The van der Waals surface area contributed by atoms with Gasteiger partial charge in [-0.05, 0) is 36.8 Å². The molecule has 4 aromatic rings. The van der Waals surface area contributed by atoms with Crippen LogP contribution in [-0.4, -0.2) is 20.3 Å². The summed E-state index contributed by atoms with van der Waals surface area (Å²) in [4.78, 5) is 29.5. The van der Waals surface area contributed by atoms with Gasteiger partial charge in [-0.15, -0.1) is 0 Å². The summed E-state index contributed by atoms with van der Waals surface area (Å²) < 4.78 is 17.3. The Labute approximate surface area is 177 Å². The first kappa shape index (κ1) is 20.2. The monoisotopic (exact) mass is 414 g/mol. The minimum atomic E-state index is -0.789. The van der Waals surface area contributed by atoms with Crippen molar-refractivity contribution in [1.82, 2.24) is 14.3 Å². The summed E-state index contributed by atoms with van der Waals surface area (Å²) in [5.74, 6) is -1.30. The molecule has 2 aromatic heterocycles. The molecule has 1 amide bonds. The summed E-state index contributed by atoms with van der Waals surface area (Å²) in [7, 11) is 0. The first-order valence-corrected chi connectivity index (χ1v) is 9.67. The van der Waals surface area contributed by atoms with Gasteiger partial charge in [0.1, 0.15) is 17.0 Å². The van der Waals surface area contributed by atoms with Crippen molar-refractivity contribution in [3.8, 4) is 5.69 Å². The quantitative estimate of drug-likeness (QED) is 0.515. The van der Waals surface area contributed by atoms with Gasteiger partial charge in [0.15, 0.2) is 5.69 Å². The van der Waals surface area contributed by atoms with Gasteiger partial charge in [0, 0.05) is 24.5 Å². The van der Waals surface area contributed by atoms with Crippen LogP contribution < -0.4 is 10.9 Å². The average molecular weight is 414 g/mol. The molecule has 0 saturated carbocycles. The Kier molecular flexibility index (Phi) is 5.66. The molecule has 6 nitrogen and oxygen atoms in total. The summed E-state index contributed by atoms with van der Waals surface area (Å²) in [5, 5.41) is 4.12. The van der Waals surface area contributed by atoms with E-state index in [0.29, 0.717) is 17.7 Å². The second kappa shape index (κ2) is 8.71. The van der Waals surface area contributed by atoms with Crippen molar-refractivity contribution >= 4 is 5.91 Å². The fourth-order valence-corrected chi connectivity index (χ4v) is 3.20. The Morgan fingerprint density at radius 2 is 1.71 bits per heavy atom. The zero-order valence-corrected chi connectivity index (χ0v) is 16.8. The molecule has 0 aliphatic rings. The highest BCUT2D eigenvalue weighted by Crippen LogP contribution is 2.13. The Bertz CT molecular complexity index is 1370. The first-order chi connectivity index (χ1) is 15.0. The third-order valence-electron chi connectivity index (χ3n) is 4.72. The van der Waals surface area contributed by atoms with Crippen LogP contribution in [0.1, 0.15) is 21.7 Å². The number of benzene rings is 2. The first-order valence-electron chi connectivity index (χ1n) is 9.67. The molecule has 0 fully saturated rings. The number of hydrogen-bond acceptors (Lipinski definition) is 3. The number of rotatable bonds is 4. The minimum absolute atomic E-state index is 0.146. The van der Waals surface area contributed by atoms with Crippen LogP contribution in [0, 0.1) is 12.7 Å². The smallest absolute Gasteiger partial charge is 0.303 e. The van der Waals surface area contributed by atoms with E-state index in [9.17, 15) is 14.0 Å². The number of hydrogen-bond donors (Lipinski definition) is 0. The van der Waals surface area contributed by atoms with Crippen LogP contribution in [0.4, 0.5) is 4.39 Å². The maximum Gasteiger partial charge on any atom is 0.303 e. The molecule has 0 bridgehead atoms. The number of carbonyl (C=O) groups is 1. The van der Waals surface area contributed by atoms with Crippen molar-refractivity contribution in [2.45, 2.75) is 13.5 Å². The van der Waals surface area contributed by atoms with Crippen LogP contribution in [0.2, 0.25) is 0 Å². The van der Waals surface area contributed by atoms with Crippen LogP contribution in [0.15, 0.2) is 94.8 Å². The van der Waals surface area contributed by atoms with Gasteiger partial charge in [-0.1, -0.05) is 48.5 Å². The van der Waals surface area contributed by atoms with E-state index < -0.39 is 17.2 Å². The lowest BCUT2D eigenvalue weighted by Gasteiger charge is -2.11. The average Bonchev–Trinajstić information content (AvgIpc) is 2.76. The molecule has 0 N–H and O–H groups in total. The molecule has 7 heteroatoms. The van der Waals surface area contributed by atoms with Crippen LogP contribution in [0.3, 0.4) is 0 Å². The van der Waals surface area contributed by atoms with E-state index in [1.165, 1.54) is 22.9 Å². The van der Waals surface area contributed by atoms with Crippen LogP contribution >= 0.6 is 0 Å². The van der Waals surface area contributed by atoms with Gasteiger partial charge in [0.25, 0.3) is 0 Å². The predicted molar refractivity (Wildman–Crippen MR) is 114 cm³/mol. The Hall–Kier alpha value is -4.13. The molecule has 2 heterocycles. The number of aryl methyl sites for hydroxylation is 1. The van der Waals surface area contributed by atoms with E-state index in [-0.39, 0.29) is 11.4 Å². The summed E-state index contributed by atoms with van der Waals surface area (Å²) in [6.45, 7) is 2.13. The Morgan fingerprint density at radius 1 is 1.00 bits per heavy atom. The van der Waals surface area contributed by atoms with Crippen LogP contribution in [-0.2, 0) is 6.54 Å². The zero-order valence-electron chi connectivity index (χ0n) is 16.8. The number of para-hydroxylation sites is 1. The summed E-state index contributed by atoms with van der Waals surface area (Å²) >= 11 is 0. The molecule has 0 unspecified atom stereocenters. The van der Waals surface area contributed by atoms with E-state index in [4.69, 9.17) is 0 Å². The highest BCUT2D eigenvalue weighted by atomic mass is 19.1. The molecule has 154 valence electrons. The number of nitrogens with zero attached hydrogens (tertiary/aromatic N) is 4. The van der Waals surface area contributed by atoms with Crippen LogP contribution in [0.5, 0.6) is 0 Å².